The molecule has 1 saturated heterocycles. The monoisotopic (exact) mass is 276 g/mol. The van der Waals surface area contributed by atoms with E-state index in [0.717, 1.165) is 23.4 Å². The van der Waals surface area contributed by atoms with E-state index in [1.165, 1.54) is 0 Å². The third-order valence-corrected chi connectivity index (χ3v) is 3.64. The van der Waals surface area contributed by atoms with Gasteiger partial charge in [0.1, 0.15) is 0 Å². The molecule has 1 aliphatic rings. The summed E-state index contributed by atoms with van der Waals surface area (Å²) >= 11 is 0. The van der Waals surface area contributed by atoms with Crippen molar-refractivity contribution in [1.29, 1.82) is 0 Å². The van der Waals surface area contributed by atoms with E-state index in [1.54, 1.807) is 0 Å². The van der Waals surface area contributed by atoms with Crippen LogP contribution in [0.1, 0.15) is 36.7 Å². The maximum Gasteiger partial charge on any atom is 0.256 e. The maximum absolute atomic E-state index is 12.8. The van der Waals surface area contributed by atoms with Crippen molar-refractivity contribution in [3.05, 3.63) is 29.3 Å². The number of morpholine rings is 1. The molecule has 0 spiro atoms. The Labute approximate surface area is 121 Å². The lowest BCUT2D eigenvalue weighted by molar-refractivity contribution is -0.0386. The summed E-state index contributed by atoms with van der Waals surface area (Å²) in [5.41, 5.74) is 2.82. The van der Waals surface area contributed by atoms with E-state index in [1.807, 2.05) is 50.8 Å². The number of aryl methyl sites for hydroxylation is 1. The van der Waals surface area contributed by atoms with Crippen LogP contribution in [0.15, 0.2) is 18.2 Å². The molecule has 4 heteroatoms. The first kappa shape index (κ1) is 14.9. The summed E-state index contributed by atoms with van der Waals surface area (Å²) in [6.45, 7) is 10.2. The summed E-state index contributed by atoms with van der Waals surface area (Å²) in [5.74, 6) is 0.0867. The van der Waals surface area contributed by atoms with Crippen LogP contribution in [0.25, 0.3) is 0 Å². The molecule has 2 atom stereocenters. The Balaban J connectivity index is 2.27. The first-order valence-electron chi connectivity index (χ1n) is 7.30. The number of ether oxygens (including phenoxy) is 1. The van der Waals surface area contributed by atoms with Crippen LogP contribution < -0.4 is 5.32 Å². The van der Waals surface area contributed by atoms with Gasteiger partial charge in [0.15, 0.2) is 0 Å². The Hall–Kier alpha value is -1.55. The first-order valence-corrected chi connectivity index (χ1v) is 7.30. The number of carbonyl (C=O) groups excluding carboxylic acids is 1. The second kappa shape index (κ2) is 6.27. The molecule has 110 valence electrons. The fourth-order valence-corrected chi connectivity index (χ4v) is 2.52. The van der Waals surface area contributed by atoms with Crippen LogP contribution in [0.3, 0.4) is 0 Å². The minimum absolute atomic E-state index is 0.0867. The topological polar surface area (TPSA) is 41.6 Å². The molecule has 4 nitrogen and oxygen atoms in total. The average molecular weight is 276 g/mol. The minimum atomic E-state index is 0.0867. The fraction of sp³-hybridized carbons (Fsp3) is 0.562. The Kier molecular flexibility index (Phi) is 4.65. The molecule has 0 saturated carbocycles. The lowest BCUT2D eigenvalue weighted by Gasteiger charge is -2.37. The molecule has 1 aromatic carbocycles. The van der Waals surface area contributed by atoms with Crippen molar-refractivity contribution in [2.75, 3.05) is 25.0 Å². The largest absolute Gasteiger partial charge is 0.385 e. The Morgan fingerprint density at radius 3 is 2.90 bits per heavy atom. The summed E-state index contributed by atoms with van der Waals surface area (Å²) in [4.78, 5) is 14.7. The van der Waals surface area contributed by atoms with E-state index < -0.39 is 0 Å². The van der Waals surface area contributed by atoms with Crippen molar-refractivity contribution in [1.82, 2.24) is 4.90 Å². The van der Waals surface area contributed by atoms with E-state index in [2.05, 4.69) is 5.32 Å². The molecule has 0 aromatic heterocycles. The number of hydrogen-bond acceptors (Lipinski definition) is 3. The summed E-state index contributed by atoms with van der Waals surface area (Å²) in [5, 5.41) is 3.28. The predicted molar refractivity (Wildman–Crippen MR) is 81.3 cm³/mol. The number of nitrogens with zero attached hydrogens (tertiary/aromatic N) is 1. The van der Waals surface area contributed by atoms with Crippen LogP contribution in [0, 0.1) is 6.92 Å². The molecule has 1 amide bonds. The zero-order valence-corrected chi connectivity index (χ0v) is 12.8. The van der Waals surface area contributed by atoms with Gasteiger partial charge in [0.2, 0.25) is 0 Å². The van der Waals surface area contributed by atoms with Gasteiger partial charge < -0.3 is 15.0 Å². The molecule has 0 bridgehead atoms. The molecule has 0 radical (unpaired) electrons. The van der Waals surface area contributed by atoms with Crippen molar-refractivity contribution < 1.29 is 9.53 Å². The van der Waals surface area contributed by atoms with Crippen LogP contribution >= 0.6 is 0 Å². The van der Waals surface area contributed by atoms with Crippen LogP contribution in [0.4, 0.5) is 5.69 Å². The Morgan fingerprint density at radius 2 is 2.20 bits per heavy atom. The lowest BCUT2D eigenvalue weighted by atomic mass is 10.1. The molecule has 1 aromatic rings. The molecule has 2 rings (SSSR count). The highest BCUT2D eigenvalue weighted by Gasteiger charge is 2.29. The second-order valence-corrected chi connectivity index (χ2v) is 5.53. The molecular weight excluding hydrogens is 252 g/mol. The molecule has 1 N–H and O–H groups in total. The predicted octanol–water partition coefficient (Wildman–Crippen LogP) is 2.68. The van der Waals surface area contributed by atoms with Gasteiger partial charge in [-0.25, -0.2) is 0 Å². The number of hydrogen-bond donors (Lipinski definition) is 1. The number of anilines is 1. The molecule has 1 aliphatic heterocycles. The number of carbonyl (C=O) groups is 1. The van der Waals surface area contributed by atoms with Crippen LogP contribution in [-0.2, 0) is 4.74 Å². The SMILES string of the molecule is CCNc1cc(C)ccc1C(=O)N1CC(C)OCC1C. The third kappa shape index (κ3) is 3.12. The van der Waals surface area contributed by atoms with Gasteiger partial charge in [0.05, 0.1) is 24.3 Å². The minimum Gasteiger partial charge on any atom is -0.385 e. The third-order valence-electron chi connectivity index (χ3n) is 3.64. The summed E-state index contributed by atoms with van der Waals surface area (Å²) < 4.78 is 5.59. The molecule has 20 heavy (non-hydrogen) atoms. The van der Waals surface area contributed by atoms with Crippen molar-refractivity contribution in [3.8, 4) is 0 Å². The highest BCUT2D eigenvalue weighted by atomic mass is 16.5. The summed E-state index contributed by atoms with van der Waals surface area (Å²) in [6, 6.07) is 6.06. The normalized spacial score (nSPS) is 22.7. The molecule has 1 heterocycles. The van der Waals surface area contributed by atoms with E-state index in [0.29, 0.717) is 13.2 Å². The highest BCUT2D eigenvalue weighted by molar-refractivity contribution is 6.00. The van der Waals surface area contributed by atoms with Crippen molar-refractivity contribution in [2.45, 2.75) is 39.8 Å². The van der Waals surface area contributed by atoms with Crippen LogP contribution in [0.5, 0.6) is 0 Å². The smallest absolute Gasteiger partial charge is 0.256 e. The van der Waals surface area contributed by atoms with Gasteiger partial charge in [-0.1, -0.05) is 6.07 Å². The van der Waals surface area contributed by atoms with E-state index in [9.17, 15) is 4.79 Å². The number of rotatable bonds is 3. The van der Waals surface area contributed by atoms with Gasteiger partial charge in [-0.15, -0.1) is 0 Å². The Morgan fingerprint density at radius 1 is 1.45 bits per heavy atom. The maximum atomic E-state index is 12.8. The molecular formula is C16H24N2O2. The van der Waals surface area contributed by atoms with E-state index in [4.69, 9.17) is 4.74 Å². The van der Waals surface area contributed by atoms with Crippen molar-refractivity contribution in [2.24, 2.45) is 0 Å². The van der Waals surface area contributed by atoms with Crippen molar-refractivity contribution in [3.63, 3.8) is 0 Å². The van der Waals surface area contributed by atoms with E-state index in [-0.39, 0.29) is 18.1 Å². The standard InChI is InChI=1S/C16H24N2O2/c1-5-17-15-8-11(2)6-7-14(15)16(19)18-9-13(4)20-10-12(18)3/h6-8,12-13,17H,5,9-10H2,1-4H3. The number of nitrogens with one attached hydrogen (secondary N) is 1. The van der Waals surface area contributed by atoms with Gasteiger partial charge in [-0.05, 0) is 45.4 Å². The van der Waals surface area contributed by atoms with Gasteiger partial charge >= 0.3 is 0 Å². The quantitative estimate of drug-likeness (QED) is 0.923. The zero-order valence-electron chi connectivity index (χ0n) is 12.8. The van der Waals surface area contributed by atoms with Crippen LogP contribution in [-0.4, -0.2) is 42.6 Å². The summed E-state index contributed by atoms with van der Waals surface area (Å²) in [6.07, 6.45) is 0.100. The van der Waals surface area contributed by atoms with Gasteiger partial charge in [0.25, 0.3) is 5.91 Å². The van der Waals surface area contributed by atoms with Crippen molar-refractivity contribution >= 4 is 11.6 Å². The lowest BCUT2D eigenvalue weighted by Crippen LogP contribution is -2.50. The number of benzene rings is 1. The van der Waals surface area contributed by atoms with E-state index >= 15 is 0 Å². The van der Waals surface area contributed by atoms with Gasteiger partial charge in [0, 0.05) is 18.8 Å². The number of amides is 1. The molecule has 1 fully saturated rings. The van der Waals surface area contributed by atoms with Gasteiger partial charge in [-0.2, -0.15) is 0 Å². The highest BCUT2D eigenvalue weighted by Crippen LogP contribution is 2.22. The summed E-state index contributed by atoms with van der Waals surface area (Å²) in [7, 11) is 0. The zero-order chi connectivity index (χ0) is 14.7. The first-order chi connectivity index (χ1) is 9.52. The molecule has 2 unspecified atom stereocenters. The Bertz CT molecular complexity index is 487. The molecule has 0 aliphatic carbocycles. The average Bonchev–Trinajstić information content (AvgIpc) is 2.41. The fourth-order valence-electron chi connectivity index (χ4n) is 2.52. The van der Waals surface area contributed by atoms with Crippen LogP contribution in [0.2, 0.25) is 0 Å². The second-order valence-electron chi connectivity index (χ2n) is 5.53. The van der Waals surface area contributed by atoms with Gasteiger partial charge in [-0.3, -0.25) is 4.79 Å².